The van der Waals surface area contributed by atoms with Crippen molar-refractivity contribution in [1.82, 2.24) is 4.90 Å². The first-order valence-electron chi connectivity index (χ1n) is 5.24. The van der Waals surface area contributed by atoms with E-state index in [0.29, 0.717) is 31.3 Å². The number of rotatable bonds is 5. The van der Waals surface area contributed by atoms with Gasteiger partial charge in [0.15, 0.2) is 0 Å². The molecule has 1 fully saturated rings. The first-order chi connectivity index (χ1) is 7.93. The van der Waals surface area contributed by atoms with Gasteiger partial charge >= 0.3 is 5.97 Å². The largest absolute Gasteiger partial charge is 0.480 e. The number of aliphatic carboxylic acids is 1. The van der Waals surface area contributed by atoms with Crippen molar-refractivity contribution in [2.75, 3.05) is 12.3 Å². The minimum Gasteiger partial charge on any atom is -0.480 e. The molecule has 8 heteroatoms. The smallest absolute Gasteiger partial charge is 0.326 e. The molecule has 1 N–H and O–H groups in total. The Morgan fingerprint density at radius 1 is 1.65 bits per heavy atom. The van der Waals surface area contributed by atoms with Gasteiger partial charge in [-0.15, -0.1) is 0 Å². The highest BCUT2D eigenvalue weighted by Crippen LogP contribution is 2.21. The molecule has 1 saturated heterocycles. The van der Waals surface area contributed by atoms with Crippen LogP contribution in [-0.2, 0) is 9.59 Å². The monoisotopic (exact) mass is 262 g/mol. The van der Waals surface area contributed by atoms with Crippen molar-refractivity contribution in [2.45, 2.75) is 25.8 Å². The summed E-state index contributed by atoms with van der Waals surface area (Å²) < 4.78 is -0.553. The van der Waals surface area contributed by atoms with Crippen LogP contribution in [0.2, 0.25) is 0 Å². The average molecular weight is 262 g/mol. The maximum atomic E-state index is 11.9. The zero-order chi connectivity index (χ0) is 13.0. The highest BCUT2D eigenvalue weighted by atomic mass is 32.2. The first-order valence-corrected chi connectivity index (χ1v) is 6.18. The maximum Gasteiger partial charge on any atom is 0.326 e. The summed E-state index contributed by atoms with van der Waals surface area (Å²) in [5.74, 6) is -1.80. The van der Waals surface area contributed by atoms with E-state index in [-0.39, 0.29) is 11.7 Å². The van der Waals surface area contributed by atoms with Crippen molar-refractivity contribution >= 4 is 23.8 Å². The summed E-state index contributed by atoms with van der Waals surface area (Å²) in [6, 6.07) is -0.773. The van der Waals surface area contributed by atoms with Crippen LogP contribution in [0.4, 0.5) is 0 Å². The molecule has 7 nitrogen and oxygen atoms in total. The number of hydrogen-bond acceptors (Lipinski definition) is 5. The lowest BCUT2D eigenvalue weighted by atomic mass is 10.1. The topological polar surface area (TPSA) is 101 Å². The second-order valence-electron chi connectivity index (χ2n) is 3.95. The Balaban J connectivity index is 2.56. The van der Waals surface area contributed by atoms with Crippen LogP contribution in [0.15, 0.2) is 0 Å². The number of carbonyl (C=O) groups is 2. The lowest BCUT2D eigenvalue weighted by Gasteiger charge is -2.23. The molecule has 0 aliphatic carbocycles. The Morgan fingerprint density at radius 2 is 2.29 bits per heavy atom. The number of amides is 1. The third kappa shape index (κ3) is 3.58. The Labute approximate surface area is 102 Å². The zero-order valence-corrected chi connectivity index (χ0v) is 10.2. The number of carboxylic acids is 1. The molecule has 1 rings (SSSR count). The van der Waals surface area contributed by atoms with Crippen molar-refractivity contribution < 1.29 is 19.0 Å². The molecule has 2 atom stereocenters. The van der Waals surface area contributed by atoms with Crippen LogP contribution in [0.5, 0.6) is 0 Å². The molecule has 0 radical (unpaired) electrons. The molecule has 96 valence electrons. The second-order valence-corrected chi connectivity index (χ2v) is 4.84. The summed E-state index contributed by atoms with van der Waals surface area (Å²) in [6.07, 6.45) is 1.12. The highest BCUT2D eigenvalue weighted by molar-refractivity contribution is 7.93. The van der Waals surface area contributed by atoms with Crippen molar-refractivity contribution in [3.05, 3.63) is 10.1 Å². The van der Waals surface area contributed by atoms with Gasteiger partial charge in [0.1, 0.15) is 10.4 Å². The molecule has 17 heavy (non-hydrogen) atoms. The van der Waals surface area contributed by atoms with Crippen molar-refractivity contribution in [3.63, 3.8) is 0 Å². The Morgan fingerprint density at radius 3 is 2.82 bits per heavy atom. The normalized spacial score (nSPS) is 21.2. The van der Waals surface area contributed by atoms with Crippen LogP contribution in [0.3, 0.4) is 0 Å². The maximum absolute atomic E-state index is 11.9. The standard InChI is InChI=1S/C9H14N2O5S/c1-6(5-17-11(15)16)8(12)10-4-2-3-7(10)9(13)14/h6-7H,2-5H2,1H3,(H,13,14). The van der Waals surface area contributed by atoms with Gasteiger partial charge in [-0.05, 0) is 12.8 Å². The van der Waals surface area contributed by atoms with E-state index in [1.54, 1.807) is 6.92 Å². The third-order valence-electron chi connectivity index (χ3n) is 2.67. The van der Waals surface area contributed by atoms with Crippen LogP contribution in [0.25, 0.3) is 0 Å². The van der Waals surface area contributed by atoms with Crippen LogP contribution >= 0.6 is 11.9 Å². The number of hydrogen-bond donors (Lipinski definition) is 1. The fourth-order valence-electron chi connectivity index (χ4n) is 1.81. The zero-order valence-electron chi connectivity index (χ0n) is 9.37. The van der Waals surface area contributed by atoms with Crippen molar-refractivity contribution in [1.29, 1.82) is 0 Å². The van der Waals surface area contributed by atoms with E-state index in [9.17, 15) is 19.7 Å². The van der Waals surface area contributed by atoms with E-state index in [0.717, 1.165) is 0 Å². The highest BCUT2D eigenvalue weighted by Gasteiger charge is 2.36. The van der Waals surface area contributed by atoms with Gasteiger partial charge in [-0.2, -0.15) is 0 Å². The molecule has 1 amide bonds. The Kier molecular flexibility index (Phi) is 4.73. The lowest BCUT2D eigenvalue weighted by Crippen LogP contribution is -2.43. The van der Waals surface area contributed by atoms with Crippen molar-refractivity contribution in [2.24, 2.45) is 5.92 Å². The van der Waals surface area contributed by atoms with E-state index in [2.05, 4.69) is 0 Å². The number of nitrogens with zero attached hydrogens (tertiary/aromatic N) is 2. The van der Waals surface area contributed by atoms with Gasteiger partial charge in [-0.25, -0.2) is 4.79 Å². The van der Waals surface area contributed by atoms with E-state index < -0.39 is 22.3 Å². The fraction of sp³-hybridized carbons (Fsp3) is 0.778. The summed E-state index contributed by atoms with van der Waals surface area (Å²) >= 11 is 0.463. The number of likely N-dealkylation sites (tertiary alicyclic amines) is 1. The molecule has 1 aliphatic rings. The number of carbonyl (C=O) groups excluding carboxylic acids is 1. The van der Waals surface area contributed by atoms with Gasteiger partial charge in [0.05, 0.1) is 11.7 Å². The molecule has 2 unspecified atom stereocenters. The molecule has 0 saturated carbocycles. The summed E-state index contributed by atoms with van der Waals surface area (Å²) in [5, 5.41) is 19.1. The molecule has 0 aromatic carbocycles. The van der Waals surface area contributed by atoms with Gasteiger partial charge in [0, 0.05) is 6.54 Å². The van der Waals surface area contributed by atoms with Gasteiger partial charge in [-0.1, -0.05) is 6.92 Å². The van der Waals surface area contributed by atoms with E-state index in [4.69, 9.17) is 5.11 Å². The summed E-state index contributed by atoms with van der Waals surface area (Å²) in [4.78, 5) is 34.3. The quantitative estimate of drug-likeness (QED) is 0.443. The Bertz CT molecular complexity index is 335. The van der Waals surface area contributed by atoms with Crippen LogP contribution in [-0.4, -0.2) is 44.6 Å². The predicted octanol–water partition coefficient (Wildman–Crippen LogP) is 0.623. The van der Waals surface area contributed by atoms with E-state index in [1.807, 2.05) is 0 Å². The minimum absolute atomic E-state index is 0.0642. The summed E-state index contributed by atoms with van der Waals surface area (Å²) in [7, 11) is 0. The van der Waals surface area contributed by atoms with Gasteiger partial charge < -0.3 is 10.0 Å². The van der Waals surface area contributed by atoms with Crippen molar-refractivity contribution in [3.8, 4) is 0 Å². The molecule has 0 spiro atoms. The van der Waals surface area contributed by atoms with Gasteiger partial charge in [0.25, 0.3) is 0 Å². The van der Waals surface area contributed by atoms with E-state index >= 15 is 0 Å². The predicted molar refractivity (Wildman–Crippen MR) is 61.0 cm³/mol. The molecule has 1 heterocycles. The molecular formula is C9H14N2O5S. The first kappa shape index (κ1) is 13.8. The molecule has 0 aromatic heterocycles. The molecular weight excluding hydrogens is 248 g/mol. The van der Waals surface area contributed by atoms with Crippen LogP contribution in [0.1, 0.15) is 19.8 Å². The minimum atomic E-state index is -1.01. The number of nitro groups is 1. The van der Waals surface area contributed by atoms with E-state index in [1.165, 1.54) is 4.90 Å². The fourth-order valence-corrected chi connectivity index (χ4v) is 2.30. The van der Waals surface area contributed by atoms with Gasteiger partial charge in [0.2, 0.25) is 17.9 Å². The lowest BCUT2D eigenvalue weighted by molar-refractivity contribution is -0.284. The summed E-state index contributed by atoms with van der Waals surface area (Å²) in [6.45, 7) is 2.00. The second kappa shape index (κ2) is 5.85. The van der Waals surface area contributed by atoms with Crippen LogP contribution < -0.4 is 0 Å². The summed E-state index contributed by atoms with van der Waals surface area (Å²) in [5.41, 5.74) is 0. The molecule has 0 aromatic rings. The Hall–Kier alpha value is -1.31. The number of carboxylic acid groups (broad SMARTS) is 1. The molecule has 1 aliphatic heterocycles. The SMILES string of the molecule is CC(CS[N+](=O)[O-])C(=O)N1CCCC1C(=O)O. The van der Waals surface area contributed by atoms with Gasteiger partial charge in [-0.3, -0.25) is 14.9 Å². The van der Waals surface area contributed by atoms with Crippen LogP contribution in [0, 0.1) is 16.0 Å². The molecule has 0 bridgehead atoms. The average Bonchev–Trinajstić information content (AvgIpc) is 2.73. The third-order valence-corrected chi connectivity index (χ3v) is 3.53.